The van der Waals surface area contributed by atoms with Crippen molar-refractivity contribution in [3.63, 3.8) is 0 Å². The van der Waals surface area contributed by atoms with Gasteiger partial charge in [0.25, 0.3) is 0 Å². The molecule has 9 heteroatoms. The van der Waals surface area contributed by atoms with Gasteiger partial charge in [0.05, 0.1) is 21.8 Å². The first-order valence-corrected chi connectivity index (χ1v) is 12.9. The molecule has 0 aliphatic rings. The molecular formula is C30H33N5O3S. The van der Waals surface area contributed by atoms with Crippen molar-refractivity contribution in [2.24, 2.45) is 0 Å². The predicted octanol–water partition coefficient (Wildman–Crippen LogP) is 5.63. The van der Waals surface area contributed by atoms with Crippen LogP contribution in [-0.4, -0.2) is 41.2 Å². The molecule has 2 N–H and O–H groups in total. The average Bonchev–Trinajstić information content (AvgIpc) is 3.67. The number of carbonyl (C=O) groups excluding carboxylic acids is 3. The molecule has 1 atom stereocenters. The van der Waals surface area contributed by atoms with Gasteiger partial charge in [-0.05, 0) is 55.2 Å². The van der Waals surface area contributed by atoms with Gasteiger partial charge in [-0.25, -0.2) is 14.8 Å². The molecule has 0 radical (unpaired) electrons. The fourth-order valence-electron chi connectivity index (χ4n) is 3.74. The molecule has 0 bridgehead atoms. The Kier molecular flexibility index (Phi) is 12.8. The molecule has 202 valence electrons. The lowest BCUT2D eigenvalue weighted by atomic mass is 10.1. The third-order valence-electron chi connectivity index (χ3n) is 5.81. The van der Waals surface area contributed by atoms with Crippen molar-refractivity contribution in [3.8, 4) is 5.69 Å². The summed E-state index contributed by atoms with van der Waals surface area (Å²) in [6.07, 6.45) is 4.31. The van der Waals surface area contributed by atoms with Crippen molar-refractivity contribution >= 4 is 41.2 Å². The van der Waals surface area contributed by atoms with E-state index in [-0.39, 0.29) is 12.1 Å². The Hall–Kier alpha value is -4.63. The van der Waals surface area contributed by atoms with E-state index < -0.39 is 0 Å². The Labute approximate surface area is 232 Å². The number of urea groups is 1. The van der Waals surface area contributed by atoms with Crippen LogP contribution in [0, 0.1) is 13.8 Å². The summed E-state index contributed by atoms with van der Waals surface area (Å²) < 4.78 is 3.15. The number of amides is 2. The fourth-order valence-corrected chi connectivity index (χ4v) is 4.40. The van der Waals surface area contributed by atoms with Crippen molar-refractivity contribution in [1.82, 2.24) is 25.2 Å². The van der Waals surface area contributed by atoms with Crippen LogP contribution in [0.15, 0.2) is 90.7 Å². The Morgan fingerprint density at radius 2 is 1.56 bits per heavy atom. The molecule has 2 heterocycles. The lowest BCUT2D eigenvalue weighted by Gasteiger charge is -2.20. The topological polar surface area (TPSA) is 106 Å². The third-order valence-corrected chi connectivity index (χ3v) is 6.62. The molecule has 0 aliphatic carbocycles. The number of hydrogen-bond acceptors (Lipinski definition) is 6. The summed E-state index contributed by atoms with van der Waals surface area (Å²) in [4.78, 5) is 37.0. The van der Waals surface area contributed by atoms with E-state index in [1.165, 1.54) is 11.1 Å². The van der Waals surface area contributed by atoms with Crippen LogP contribution in [0.3, 0.4) is 0 Å². The highest BCUT2D eigenvalue weighted by atomic mass is 32.1. The van der Waals surface area contributed by atoms with Crippen LogP contribution < -0.4 is 10.6 Å². The summed E-state index contributed by atoms with van der Waals surface area (Å²) in [5.41, 5.74) is 7.63. The number of fused-ring (bicyclic) bond motifs is 1. The Morgan fingerprint density at radius 1 is 0.923 bits per heavy atom. The summed E-state index contributed by atoms with van der Waals surface area (Å²) in [6.45, 7) is 8.24. The van der Waals surface area contributed by atoms with E-state index in [0.717, 1.165) is 27.3 Å². The van der Waals surface area contributed by atoms with Crippen molar-refractivity contribution in [2.75, 3.05) is 7.05 Å². The number of aromatic nitrogens is 3. The van der Waals surface area contributed by atoms with E-state index in [1.807, 2.05) is 72.3 Å². The largest absolute Gasteiger partial charge is 0.341 e. The molecule has 3 aromatic carbocycles. The summed E-state index contributed by atoms with van der Waals surface area (Å²) in [5, 5.41) is 5.64. The molecule has 8 nitrogen and oxygen atoms in total. The monoisotopic (exact) mass is 543 g/mol. The predicted molar refractivity (Wildman–Crippen MR) is 157 cm³/mol. The van der Waals surface area contributed by atoms with Gasteiger partial charge in [-0.1, -0.05) is 54.6 Å². The normalized spacial score (nSPS) is 10.4. The standard InChI is InChI=1S/C20H19N5OS.C8H10.2CH2O/c1-21-20(26)24-17(11-14-5-3-2-4-6-14)19-22-9-10-25(19)15-7-8-18-16(12-15)23-13-27-18;1-7-5-3-4-6-8(7)2;2*1-2/h2-10,12-13,17H,11H2,1H3,(H2,21,24,26);3-6H,1-2H3;2*1H2. The van der Waals surface area contributed by atoms with E-state index in [1.54, 1.807) is 24.6 Å². The molecule has 2 amide bonds. The molecule has 39 heavy (non-hydrogen) atoms. The maximum absolute atomic E-state index is 12.0. The second-order valence-corrected chi connectivity index (χ2v) is 9.10. The average molecular weight is 544 g/mol. The summed E-state index contributed by atoms with van der Waals surface area (Å²) in [6, 6.07) is 24.1. The molecule has 0 saturated carbocycles. The lowest BCUT2D eigenvalue weighted by Crippen LogP contribution is -2.37. The molecule has 0 aliphatic heterocycles. The quantitative estimate of drug-likeness (QED) is 0.299. The first-order chi connectivity index (χ1) is 19.0. The van der Waals surface area contributed by atoms with E-state index in [4.69, 9.17) is 9.59 Å². The number of benzene rings is 3. The maximum Gasteiger partial charge on any atom is 0.315 e. The van der Waals surface area contributed by atoms with Crippen LogP contribution in [0.1, 0.15) is 28.6 Å². The van der Waals surface area contributed by atoms with Crippen molar-refractivity contribution in [1.29, 1.82) is 0 Å². The fraction of sp³-hybridized carbons (Fsp3) is 0.167. The van der Waals surface area contributed by atoms with E-state index >= 15 is 0 Å². The van der Waals surface area contributed by atoms with E-state index in [2.05, 4.69) is 64.8 Å². The van der Waals surface area contributed by atoms with Crippen molar-refractivity contribution in [3.05, 3.63) is 113 Å². The first-order valence-electron chi connectivity index (χ1n) is 12.0. The minimum Gasteiger partial charge on any atom is -0.341 e. The van der Waals surface area contributed by atoms with E-state index in [9.17, 15) is 4.79 Å². The zero-order valence-electron chi connectivity index (χ0n) is 22.3. The number of rotatable bonds is 5. The molecular weight excluding hydrogens is 510 g/mol. The van der Waals surface area contributed by atoms with Gasteiger partial charge < -0.3 is 24.8 Å². The van der Waals surface area contributed by atoms with Crippen LogP contribution in [0.5, 0.6) is 0 Å². The van der Waals surface area contributed by atoms with Crippen LogP contribution in [-0.2, 0) is 16.0 Å². The van der Waals surface area contributed by atoms with Crippen molar-refractivity contribution in [2.45, 2.75) is 26.3 Å². The number of hydrogen-bond donors (Lipinski definition) is 2. The van der Waals surface area contributed by atoms with Crippen LogP contribution in [0.4, 0.5) is 4.79 Å². The van der Waals surface area contributed by atoms with Gasteiger partial charge in [0.1, 0.15) is 19.4 Å². The summed E-state index contributed by atoms with van der Waals surface area (Å²) in [7, 11) is 1.61. The molecule has 1 unspecified atom stereocenters. The molecule has 5 aromatic rings. The molecule has 0 spiro atoms. The lowest BCUT2D eigenvalue weighted by molar-refractivity contribution is -0.0987. The second-order valence-electron chi connectivity index (χ2n) is 8.21. The first kappa shape index (κ1) is 30.6. The molecule has 0 saturated heterocycles. The number of nitrogens with zero attached hydrogens (tertiary/aromatic N) is 3. The number of imidazole rings is 1. The number of nitrogens with one attached hydrogen (secondary N) is 2. The summed E-state index contributed by atoms with van der Waals surface area (Å²) in [5.74, 6) is 0.775. The number of carbonyl (C=O) groups is 3. The molecule has 2 aromatic heterocycles. The summed E-state index contributed by atoms with van der Waals surface area (Å²) >= 11 is 1.62. The zero-order chi connectivity index (χ0) is 28.6. The highest BCUT2D eigenvalue weighted by Crippen LogP contribution is 2.25. The second kappa shape index (κ2) is 16.3. The Bertz CT molecular complexity index is 1410. The highest BCUT2D eigenvalue weighted by Gasteiger charge is 2.20. The zero-order valence-corrected chi connectivity index (χ0v) is 23.2. The van der Waals surface area contributed by atoms with Gasteiger partial charge in [0, 0.05) is 25.1 Å². The van der Waals surface area contributed by atoms with Gasteiger partial charge in [-0.2, -0.15) is 0 Å². The van der Waals surface area contributed by atoms with Gasteiger partial charge in [0.2, 0.25) is 0 Å². The SMILES string of the molecule is C=O.C=O.CNC(=O)NC(Cc1ccccc1)c1nccn1-c1ccc2scnc2c1.Cc1ccccc1C. The molecule has 5 rings (SSSR count). The highest BCUT2D eigenvalue weighted by molar-refractivity contribution is 7.16. The third kappa shape index (κ3) is 8.72. The van der Waals surface area contributed by atoms with Crippen molar-refractivity contribution < 1.29 is 14.4 Å². The number of thiazole rings is 1. The minimum atomic E-state index is -0.270. The van der Waals surface area contributed by atoms with E-state index in [0.29, 0.717) is 6.42 Å². The van der Waals surface area contributed by atoms with Crippen LogP contribution >= 0.6 is 11.3 Å². The van der Waals surface area contributed by atoms with Crippen LogP contribution in [0.2, 0.25) is 0 Å². The van der Waals surface area contributed by atoms with Gasteiger partial charge in [-0.3, -0.25) is 0 Å². The molecule has 0 fully saturated rings. The van der Waals surface area contributed by atoms with Gasteiger partial charge >= 0.3 is 6.03 Å². The number of aryl methyl sites for hydroxylation is 2. The van der Waals surface area contributed by atoms with Crippen LogP contribution in [0.25, 0.3) is 15.9 Å². The van der Waals surface area contributed by atoms with Gasteiger partial charge in [-0.15, -0.1) is 11.3 Å². The Balaban J connectivity index is 0.000000375. The maximum atomic E-state index is 12.0. The van der Waals surface area contributed by atoms with Gasteiger partial charge in [0.15, 0.2) is 0 Å². The minimum absolute atomic E-state index is 0.236. The Morgan fingerprint density at radius 3 is 2.18 bits per heavy atom. The smallest absolute Gasteiger partial charge is 0.315 e.